The number of rotatable bonds is 6. The van der Waals surface area contributed by atoms with Crippen LogP contribution in [0.4, 0.5) is 23.5 Å². The Balaban J connectivity index is 1.59. The summed E-state index contributed by atoms with van der Waals surface area (Å²) in [4.78, 5) is 33.9. The highest BCUT2D eigenvalue weighted by atomic mass is 32.1. The van der Waals surface area contributed by atoms with E-state index in [1.807, 2.05) is 6.08 Å². The molecule has 4 rings (SSSR count). The second-order valence-corrected chi connectivity index (χ2v) is 8.95. The first-order chi connectivity index (χ1) is 16.6. The highest BCUT2D eigenvalue weighted by Crippen LogP contribution is 2.34. The van der Waals surface area contributed by atoms with Crippen LogP contribution in [0, 0.1) is 5.82 Å². The molecule has 0 radical (unpaired) electrons. The molecular weight excluding hydrogens is 488 g/mol. The number of aromatic nitrogens is 3. The van der Waals surface area contributed by atoms with Crippen LogP contribution >= 0.6 is 11.3 Å². The number of ether oxygens (including phenoxy) is 1. The SMILES string of the molecule is CC(=O)OCc1nc(N2CC=C(c3ccc(F)cc3)CC2)nc(=O)n1Cc1ccc(C(F)(F)F)s1. The van der Waals surface area contributed by atoms with Crippen molar-refractivity contribution >= 4 is 28.8 Å². The molecule has 0 saturated carbocycles. The molecule has 0 aliphatic carbocycles. The Kier molecular flexibility index (Phi) is 7.01. The van der Waals surface area contributed by atoms with E-state index in [0.717, 1.165) is 21.8 Å². The zero-order chi connectivity index (χ0) is 25.2. The zero-order valence-electron chi connectivity index (χ0n) is 18.5. The minimum Gasteiger partial charge on any atom is -0.458 e. The van der Waals surface area contributed by atoms with Gasteiger partial charge in [0.15, 0.2) is 5.82 Å². The largest absolute Gasteiger partial charge is 0.458 e. The van der Waals surface area contributed by atoms with Gasteiger partial charge in [-0.05, 0) is 41.8 Å². The lowest BCUT2D eigenvalue weighted by Crippen LogP contribution is -2.36. The molecule has 1 aromatic carbocycles. The van der Waals surface area contributed by atoms with Crippen molar-refractivity contribution in [2.75, 3.05) is 18.0 Å². The van der Waals surface area contributed by atoms with Gasteiger partial charge in [0.2, 0.25) is 5.95 Å². The predicted molar refractivity (Wildman–Crippen MR) is 121 cm³/mol. The normalized spacial score (nSPS) is 14.1. The first kappa shape index (κ1) is 24.6. The van der Waals surface area contributed by atoms with Crippen LogP contribution in [0.1, 0.15) is 34.5 Å². The van der Waals surface area contributed by atoms with Gasteiger partial charge in [0.25, 0.3) is 0 Å². The molecule has 3 heterocycles. The topological polar surface area (TPSA) is 77.3 Å². The Morgan fingerprint density at radius 3 is 2.49 bits per heavy atom. The molecule has 7 nitrogen and oxygen atoms in total. The van der Waals surface area contributed by atoms with Gasteiger partial charge in [0.1, 0.15) is 17.3 Å². The molecular formula is C23H20F4N4O3S. The number of nitrogens with zero attached hydrogens (tertiary/aromatic N) is 4. The van der Waals surface area contributed by atoms with E-state index in [1.54, 1.807) is 17.0 Å². The fourth-order valence-corrected chi connectivity index (χ4v) is 4.45. The van der Waals surface area contributed by atoms with Crippen molar-refractivity contribution in [3.8, 4) is 0 Å². The van der Waals surface area contributed by atoms with Crippen LogP contribution < -0.4 is 10.6 Å². The average molecular weight is 508 g/mol. The predicted octanol–water partition coefficient (Wildman–Crippen LogP) is 4.26. The number of hydrogen-bond donors (Lipinski definition) is 0. The number of halogens is 4. The summed E-state index contributed by atoms with van der Waals surface area (Å²) in [6.45, 7) is 1.56. The second kappa shape index (κ2) is 9.98. The molecule has 0 saturated heterocycles. The standard InChI is InChI=1S/C23H20F4N4O3S/c1-14(32)34-13-20-28-21(30-10-8-16(9-11-30)15-2-4-17(24)5-3-15)29-22(33)31(20)12-18-6-7-19(35-18)23(25,26)27/h2-8H,9-13H2,1H3. The minimum absolute atomic E-state index is 0.0745. The fourth-order valence-electron chi connectivity index (χ4n) is 3.58. The monoisotopic (exact) mass is 508 g/mol. The van der Waals surface area contributed by atoms with Crippen molar-refractivity contribution in [3.63, 3.8) is 0 Å². The van der Waals surface area contributed by atoms with E-state index < -0.39 is 22.7 Å². The summed E-state index contributed by atoms with van der Waals surface area (Å²) in [7, 11) is 0. The van der Waals surface area contributed by atoms with E-state index in [9.17, 15) is 27.2 Å². The van der Waals surface area contributed by atoms with E-state index in [1.165, 1.54) is 25.1 Å². The Bertz CT molecular complexity index is 1320. The number of carbonyl (C=O) groups is 1. The van der Waals surface area contributed by atoms with Crippen molar-refractivity contribution in [2.24, 2.45) is 0 Å². The van der Waals surface area contributed by atoms with E-state index in [4.69, 9.17) is 4.74 Å². The third-order valence-corrected chi connectivity index (χ3v) is 6.45. The van der Waals surface area contributed by atoms with Gasteiger partial charge in [0, 0.05) is 24.9 Å². The summed E-state index contributed by atoms with van der Waals surface area (Å²) in [6.07, 6.45) is -1.95. The summed E-state index contributed by atoms with van der Waals surface area (Å²) in [6, 6.07) is 8.40. The van der Waals surface area contributed by atoms with Crippen LogP contribution in [0.3, 0.4) is 0 Å². The van der Waals surface area contributed by atoms with Crippen molar-refractivity contribution in [1.82, 2.24) is 14.5 Å². The van der Waals surface area contributed by atoms with Gasteiger partial charge in [-0.15, -0.1) is 11.3 Å². The van der Waals surface area contributed by atoms with Crippen molar-refractivity contribution < 1.29 is 27.1 Å². The van der Waals surface area contributed by atoms with Crippen LogP contribution in [0.2, 0.25) is 0 Å². The second-order valence-electron chi connectivity index (χ2n) is 7.78. The number of alkyl halides is 3. The average Bonchev–Trinajstić information content (AvgIpc) is 3.29. The Morgan fingerprint density at radius 2 is 1.89 bits per heavy atom. The van der Waals surface area contributed by atoms with Crippen LogP contribution in [0.15, 0.2) is 47.3 Å². The molecule has 0 fully saturated rings. The lowest BCUT2D eigenvalue weighted by Gasteiger charge is -2.27. The molecule has 3 aromatic rings. The maximum atomic E-state index is 13.2. The van der Waals surface area contributed by atoms with Gasteiger partial charge in [0.05, 0.1) is 6.54 Å². The third kappa shape index (κ3) is 5.94. The molecule has 0 atom stereocenters. The Hall–Kier alpha value is -3.54. The van der Waals surface area contributed by atoms with Crippen molar-refractivity contribution in [2.45, 2.75) is 32.7 Å². The zero-order valence-corrected chi connectivity index (χ0v) is 19.3. The van der Waals surface area contributed by atoms with E-state index in [0.29, 0.717) is 30.8 Å². The third-order valence-electron chi connectivity index (χ3n) is 5.33. The number of carbonyl (C=O) groups excluding carboxylic acids is 1. The fraction of sp³-hybridized carbons (Fsp3) is 0.304. The van der Waals surface area contributed by atoms with Crippen molar-refractivity contribution in [3.05, 3.63) is 79.9 Å². The molecule has 2 aromatic heterocycles. The lowest BCUT2D eigenvalue weighted by molar-refractivity contribution is -0.142. The van der Waals surface area contributed by atoms with E-state index in [2.05, 4.69) is 9.97 Å². The molecule has 1 aliphatic heterocycles. The molecule has 0 spiro atoms. The summed E-state index contributed by atoms with van der Waals surface area (Å²) >= 11 is 0.518. The maximum Gasteiger partial charge on any atom is 0.425 e. The minimum atomic E-state index is -4.48. The maximum absolute atomic E-state index is 13.2. The van der Waals surface area contributed by atoms with Gasteiger partial charge >= 0.3 is 17.8 Å². The van der Waals surface area contributed by atoms with Crippen LogP contribution in [0.25, 0.3) is 5.57 Å². The highest BCUT2D eigenvalue weighted by Gasteiger charge is 2.32. The summed E-state index contributed by atoms with van der Waals surface area (Å²) in [5.41, 5.74) is 1.20. The van der Waals surface area contributed by atoms with E-state index in [-0.39, 0.29) is 35.6 Å². The molecule has 0 bridgehead atoms. The molecule has 184 valence electrons. The van der Waals surface area contributed by atoms with Crippen LogP contribution in [0.5, 0.6) is 0 Å². The summed E-state index contributed by atoms with van der Waals surface area (Å²) in [5, 5.41) is 0. The smallest absolute Gasteiger partial charge is 0.425 e. The Morgan fingerprint density at radius 1 is 1.14 bits per heavy atom. The molecule has 12 heteroatoms. The van der Waals surface area contributed by atoms with Gasteiger partial charge < -0.3 is 9.64 Å². The number of thiophene rings is 1. The van der Waals surface area contributed by atoms with Gasteiger partial charge in [-0.1, -0.05) is 18.2 Å². The number of hydrogen-bond acceptors (Lipinski definition) is 7. The molecule has 0 amide bonds. The summed E-state index contributed by atoms with van der Waals surface area (Å²) < 4.78 is 58.2. The number of benzene rings is 1. The lowest BCUT2D eigenvalue weighted by atomic mass is 10.00. The van der Waals surface area contributed by atoms with Gasteiger partial charge in [-0.25, -0.2) is 9.18 Å². The first-order valence-corrected chi connectivity index (χ1v) is 11.4. The quantitative estimate of drug-likeness (QED) is 0.366. The Labute approximate surface area is 201 Å². The molecule has 0 N–H and O–H groups in total. The van der Waals surface area contributed by atoms with Gasteiger partial charge in [-0.3, -0.25) is 9.36 Å². The van der Waals surface area contributed by atoms with Gasteiger partial charge in [-0.2, -0.15) is 23.1 Å². The number of esters is 1. The molecule has 0 unspecified atom stereocenters. The summed E-state index contributed by atoms with van der Waals surface area (Å²) in [5.74, 6) is -0.710. The first-order valence-electron chi connectivity index (χ1n) is 10.6. The number of anilines is 1. The van der Waals surface area contributed by atoms with Crippen molar-refractivity contribution in [1.29, 1.82) is 0 Å². The molecule has 1 aliphatic rings. The van der Waals surface area contributed by atoms with Crippen LogP contribution in [-0.2, 0) is 28.9 Å². The van der Waals surface area contributed by atoms with E-state index >= 15 is 0 Å². The molecule has 35 heavy (non-hydrogen) atoms. The highest BCUT2D eigenvalue weighted by molar-refractivity contribution is 7.12. The van der Waals surface area contributed by atoms with Crippen LogP contribution in [-0.4, -0.2) is 33.6 Å².